The molecule has 0 aliphatic rings. The van der Waals surface area contributed by atoms with Gasteiger partial charge in [-0.15, -0.1) is 0 Å². The Bertz CT molecular complexity index is 1650. The largest absolute Gasteiger partial charge is 1.00 e. The molecule has 0 atom stereocenters. The van der Waals surface area contributed by atoms with Gasteiger partial charge < -0.3 is 24.6 Å². The standard InChI is InChI=1S/C36H37N2O8P.Na/c1-25(39)37-23-29-13-9-27(10-14-29)17-19-35(41)31-5-3-7-33(21-31)45-47(43,44)46-34-8-4-6-32(22-34)36(42)20-18-28-11-15-30(16-12-28)24-38-26(2)40;/h3-16,21-22H,17-20,23-24H2,1-2H3,(H,37,39)(H,38,40)(H,43,44);/q;+1/p-1. The molecule has 0 aromatic heterocycles. The molecular formula is C36H36N2NaO8P. The number of carbonyl (C=O) groups is 4. The summed E-state index contributed by atoms with van der Waals surface area (Å²) in [6, 6.07) is 26.9. The first kappa shape index (κ1) is 38.4. The Morgan fingerprint density at radius 2 is 0.958 bits per heavy atom. The molecule has 0 aliphatic heterocycles. The van der Waals surface area contributed by atoms with Crippen molar-refractivity contribution in [3.8, 4) is 11.5 Å². The Balaban J connectivity index is 0.00000625. The van der Waals surface area contributed by atoms with Crippen LogP contribution in [0.5, 0.6) is 11.5 Å². The number of hydrogen-bond donors (Lipinski definition) is 2. The topological polar surface area (TPSA) is 151 Å². The van der Waals surface area contributed by atoms with Gasteiger partial charge in [0.15, 0.2) is 11.6 Å². The zero-order chi connectivity index (χ0) is 33.8. The SMILES string of the molecule is CC(=O)NCc1ccc(CCC(=O)c2cccc(OP(=O)([O-])Oc3cccc(C(=O)CCc4ccc(CNC(C)=O)cc4)c3)c2)cc1.[Na+]. The Morgan fingerprint density at radius 1 is 0.604 bits per heavy atom. The summed E-state index contributed by atoms with van der Waals surface area (Å²) >= 11 is 0. The van der Waals surface area contributed by atoms with Crippen molar-refractivity contribution in [2.75, 3.05) is 0 Å². The fraction of sp³-hybridized carbons (Fsp3) is 0.222. The molecule has 0 unspecified atom stereocenters. The maximum atomic E-state index is 12.9. The molecule has 0 saturated heterocycles. The zero-order valence-corrected chi connectivity index (χ0v) is 30.1. The molecule has 0 saturated carbocycles. The summed E-state index contributed by atoms with van der Waals surface area (Å²) in [6.45, 7) is 3.77. The number of benzene rings is 4. The average molecular weight is 679 g/mol. The number of hydrogen-bond acceptors (Lipinski definition) is 8. The van der Waals surface area contributed by atoms with Crippen LogP contribution in [0.2, 0.25) is 0 Å². The van der Waals surface area contributed by atoms with Crippen LogP contribution in [-0.2, 0) is 40.1 Å². The van der Waals surface area contributed by atoms with Crippen molar-refractivity contribution < 1.29 is 67.2 Å². The number of ketones is 2. The number of aryl methyl sites for hydroxylation is 2. The Kier molecular flexibility index (Phi) is 14.8. The van der Waals surface area contributed by atoms with E-state index in [0.717, 1.165) is 22.3 Å². The normalized spacial score (nSPS) is 10.7. The van der Waals surface area contributed by atoms with Gasteiger partial charge in [0.25, 0.3) is 0 Å². The molecule has 4 aromatic carbocycles. The van der Waals surface area contributed by atoms with E-state index in [-0.39, 0.29) is 77.3 Å². The van der Waals surface area contributed by atoms with E-state index in [1.54, 1.807) is 12.1 Å². The van der Waals surface area contributed by atoms with Gasteiger partial charge in [0.2, 0.25) is 11.8 Å². The van der Waals surface area contributed by atoms with Crippen LogP contribution < -0.4 is 54.1 Å². The number of carbonyl (C=O) groups excluding carboxylic acids is 4. The molecule has 4 aromatic rings. The van der Waals surface area contributed by atoms with Crippen LogP contribution in [0, 0.1) is 0 Å². The Morgan fingerprint density at radius 3 is 1.31 bits per heavy atom. The third kappa shape index (κ3) is 12.9. The second kappa shape index (κ2) is 18.5. The van der Waals surface area contributed by atoms with E-state index in [9.17, 15) is 28.6 Å². The number of nitrogens with one attached hydrogen (secondary N) is 2. The minimum Gasteiger partial charge on any atom is -0.736 e. The minimum atomic E-state index is -4.92. The van der Waals surface area contributed by atoms with E-state index in [1.807, 2.05) is 48.5 Å². The van der Waals surface area contributed by atoms with Gasteiger partial charge >= 0.3 is 37.4 Å². The average Bonchev–Trinajstić information content (AvgIpc) is 3.04. The molecule has 2 N–H and O–H groups in total. The summed E-state index contributed by atoms with van der Waals surface area (Å²) in [5, 5.41) is 5.47. The number of amides is 2. The van der Waals surface area contributed by atoms with Crippen molar-refractivity contribution in [2.24, 2.45) is 0 Å². The van der Waals surface area contributed by atoms with Crippen LogP contribution in [0.3, 0.4) is 0 Å². The molecule has 244 valence electrons. The number of rotatable bonds is 16. The summed E-state index contributed by atoms with van der Waals surface area (Å²) in [5.41, 5.74) is 4.37. The van der Waals surface area contributed by atoms with Gasteiger partial charge in [0.1, 0.15) is 11.5 Å². The molecular weight excluding hydrogens is 642 g/mol. The first-order valence-electron chi connectivity index (χ1n) is 15.1. The van der Waals surface area contributed by atoms with E-state index in [4.69, 9.17) is 9.05 Å². The van der Waals surface area contributed by atoms with Gasteiger partial charge in [-0.2, -0.15) is 0 Å². The molecule has 12 heteroatoms. The van der Waals surface area contributed by atoms with Crippen molar-refractivity contribution in [1.82, 2.24) is 10.6 Å². The Hall–Kier alpha value is -4.05. The summed E-state index contributed by atoms with van der Waals surface area (Å²) in [7, 11) is -4.92. The summed E-state index contributed by atoms with van der Waals surface area (Å²) in [5.74, 6) is -0.754. The van der Waals surface area contributed by atoms with Crippen molar-refractivity contribution in [3.63, 3.8) is 0 Å². The summed E-state index contributed by atoms with van der Waals surface area (Å²) in [4.78, 5) is 60.6. The predicted molar refractivity (Wildman–Crippen MR) is 175 cm³/mol. The van der Waals surface area contributed by atoms with Crippen molar-refractivity contribution >= 4 is 31.2 Å². The number of phosphoric acid groups is 1. The predicted octanol–water partition coefficient (Wildman–Crippen LogP) is 2.52. The van der Waals surface area contributed by atoms with Crippen LogP contribution in [0.15, 0.2) is 97.1 Å². The van der Waals surface area contributed by atoms with Gasteiger partial charge in [-0.3, -0.25) is 19.2 Å². The van der Waals surface area contributed by atoms with E-state index in [1.165, 1.54) is 50.2 Å². The fourth-order valence-electron chi connectivity index (χ4n) is 4.63. The first-order valence-corrected chi connectivity index (χ1v) is 16.5. The third-order valence-corrected chi connectivity index (χ3v) is 8.03. The molecule has 48 heavy (non-hydrogen) atoms. The van der Waals surface area contributed by atoms with E-state index in [0.29, 0.717) is 37.1 Å². The first-order chi connectivity index (χ1) is 22.5. The smallest absolute Gasteiger partial charge is 0.736 e. The second-order valence-electron chi connectivity index (χ2n) is 11.0. The monoisotopic (exact) mass is 678 g/mol. The fourth-order valence-corrected chi connectivity index (χ4v) is 5.42. The van der Waals surface area contributed by atoms with E-state index >= 15 is 0 Å². The third-order valence-electron chi connectivity index (χ3n) is 7.16. The van der Waals surface area contributed by atoms with Gasteiger partial charge in [-0.05, 0) is 59.4 Å². The molecule has 0 fully saturated rings. The van der Waals surface area contributed by atoms with Gasteiger partial charge in [-0.25, -0.2) is 4.57 Å². The number of phosphoric ester groups is 1. The van der Waals surface area contributed by atoms with Crippen molar-refractivity contribution in [3.05, 3.63) is 130 Å². The maximum absolute atomic E-state index is 12.9. The zero-order valence-electron chi connectivity index (χ0n) is 27.2. The van der Waals surface area contributed by atoms with Crippen LogP contribution in [-0.4, -0.2) is 23.4 Å². The van der Waals surface area contributed by atoms with Gasteiger partial charge in [-0.1, -0.05) is 72.8 Å². The maximum Gasteiger partial charge on any atom is 1.00 e. The van der Waals surface area contributed by atoms with E-state index in [2.05, 4.69) is 10.6 Å². The van der Waals surface area contributed by atoms with Gasteiger partial charge in [0.05, 0.1) is 0 Å². The van der Waals surface area contributed by atoms with E-state index < -0.39 is 7.82 Å². The van der Waals surface area contributed by atoms with Crippen LogP contribution in [0.25, 0.3) is 0 Å². The van der Waals surface area contributed by atoms with Gasteiger partial charge in [0, 0.05) is 50.9 Å². The molecule has 0 bridgehead atoms. The summed E-state index contributed by atoms with van der Waals surface area (Å²) in [6.07, 6.45) is 1.36. The minimum absolute atomic E-state index is 0. The van der Waals surface area contributed by atoms with Crippen LogP contribution >= 0.6 is 7.82 Å². The van der Waals surface area contributed by atoms with Crippen LogP contribution in [0.4, 0.5) is 0 Å². The Labute approximate surface area is 302 Å². The van der Waals surface area contributed by atoms with Crippen molar-refractivity contribution in [1.29, 1.82) is 0 Å². The summed E-state index contributed by atoms with van der Waals surface area (Å²) < 4.78 is 23.0. The number of Topliss-reactive ketones (excluding diaryl/α,β-unsaturated/α-hetero) is 2. The molecule has 0 aliphatic carbocycles. The molecule has 10 nitrogen and oxygen atoms in total. The molecule has 0 heterocycles. The molecule has 0 radical (unpaired) electrons. The molecule has 4 rings (SSSR count). The van der Waals surface area contributed by atoms with Crippen molar-refractivity contribution in [2.45, 2.75) is 52.6 Å². The molecule has 0 spiro atoms. The van der Waals surface area contributed by atoms with Crippen LogP contribution in [0.1, 0.15) is 69.7 Å². The second-order valence-corrected chi connectivity index (χ2v) is 12.2. The molecule has 2 amide bonds. The quantitative estimate of drug-likeness (QED) is 0.104.